The maximum atomic E-state index is 11.9. The number of amides is 2. The maximum Gasteiger partial charge on any atom is 0.317 e. The third-order valence-corrected chi connectivity index (χ3v) is 4.35. The maximum absolute atomic E-state index is 11.9. The fourth-order valence-electron chi connectivity index (χ4n) is 2.29. The Morgan fingerprint density at radius 1 is 1.40 bits per heavy atom. The Labute approximate surface area is 124 Å². The molecule has 1 atom stereocenters. The highest BCUT2D eigenvalue weighted by Crippen LogP contribution is 2.20. The molecule has 0 bridgehead atoms. The topological polar surface area (TPSA) is 55.8 Å². The molecule has 2 amide bonds. The van der Waals surface area contributed by atoms with Crippen LogP contribution in [0.1, 0.15) is 24.8 Å². The number of nitrogens with one attached hydrogen (secondary N) is 1. The summed E-state index contributed by atoms with van der Waals surface area (Å²) >= 11 is 1.58. The Morgan fingerprint density at radius 3 is 2.65 bits per heavy atom. The van der Waals surface area contributed by atoms with Crippen LogP contribution in [-0.2, 0) is 0 Å². The van der Waals surface area contributed by atoms with Gasteiger partial charge in [-0.05, 0) is 25.3 Å². The normalized spacial score (nSPS) is 18.3. The standard InChI is InChI=1S/C14H23N3O2S/c1-11(2)15-14(19)17-7-5-16(6-8-17)10-12(18)13-4-3-9-20-13/h3-4,9,11-12,18H,5-8,10H2,1-2H3,(H,15,19)/t12-/m1/s1. The third-order valence-electron chi connectivity index (χ3n) is 3.37. The molecule has 2 N–H and O–H groups in total. The van der Waals surface area contributed by atoms with Crippen LogP contribution in [0.2, 0.25) is 0 Å². The summed E-state index contributed by atoms with van der Waals surface area (Å²) in [7, 11) is 0. The van der Waals surface area contributed by atoms with Crippen molar-refractivity contribution in [2.45, 2.75) is 26.0 Å². The number of hydrogen-bond acceptors (Lipinski definition) is 4. The fourth-order valence-corrected chi connectivity index (χ4v) is 2.99. The number of piperazine rings is 1. The molecule has 0 saturated carbocycles. The van der Waals surface area contributed by atoms with E-state index in [0.29, 0.717) is 6.54 Å². The molecule has 5 nitrogen and oxygen atoms in total. The summed E-state index contributed by atoms with van der Waals surface area (Å²) in [6.07, 6.45) is -0.425. The van der Waals surface area contributed by atoms with E-state index < -0.39 is 6.10 Å². The zero-order valence-corrected chi connectivity index (χ0v) is 12.9. The summed E-state index contributed by atoms with van der Waals surface area (Å²) < 4.78 is 0. The number of urea groups is 1. The molecule has 1 aliphatic heterocycles. The van der Waals surface area contributed by atoms with Gasteiger partial charge in [0.2, 0.25) is 0 Å². The molecule has 6 heteroatoms. The van der Waals surface area contributed by atoms with Gasteiger partial charge in [0.05, 0.1) is 0 Å². The fraction of sp³-hybridized carbons (Fsp3) is 0.643. The molecule has 0 aromatic carbocycles. The van der Waals surface area contributed by atoms with Gasteiger partial charge in [-0.1, -0.05) is 6.07 Å². The van der Waals surface area contributed by atoms with Crippen LogP contribution >= 0.6 is 11.3 Å². The molecule has 112 valence electrons. The van der Waals surface area contributed by atoms with Crippen LogP contribution in [-0.4, -0.2) is 59.7 Å². The zero-order chi connectivity index (χ0) is 14.5. The first-order valence-corrected chi connectivity index (χ1v) is 7.93. The molecule has 1 aromatic heterocycles. The molecule has 0 unspecified atom stereocenters. The quantitative estimate of drug-likeness (QED) is 0.886. The molecular formula is C14H23N3O2S. The van der Waals surface area contributed by atoms with Crippen molar-refractivity contribution in [1.82, 2.24) is 15.1 Å². The van der Waals surface area contributed by atoms with Gasteiger partial charge in [-0.15, -0.1) is 11.3 Å². The Kier molecular flexibility index (Phi) is 5.39. The van der Waals surface area contributed by atoms with Crippen molar-refractivity contribution in [2.75, 3.05) is 32.7 Å². The summed E-state index contributed by atoms with van der Waals surface area (Å²) in [5.74, 6) is 0. The second-order valence-electron chi connectivity index (χ2n) is 5.42. The van der Waals surface area contributed by atoms with Crippen molar-refractivity contribution in [3.05, 3.63) is 22.4 Å². The second kappa shape index (κ2) is 7.06. The molecule has 1 saturated heterocycles. The number of carbonyl (C=O) groups excluding carboxylic acids is 1. The van der Waals surface area contributed by atoms with Crippen molar-refractivity contribution in [3.63, 3.8) is 0 Å². The molecule has 1 aliphatic rings. The van der Waals surface area contributed by atoms with E-state index in [9.17, 15) is 9.90 Å². The predicted octanol–water partition coefficient (Wildman–Crippen LogP) is 1.52. The average molecular weight is 297 g/mol. The first-order valence-electron chi connectivity index (χ1n) is 7.05. The monoisotopic (exact) mass is 297 g/mol. The molecule has 1 fully saturated rings. The van der Waals surface area contributed by atoms with E-state index in [-0.39, 0.29) is 12.1 Å². The van der Waals surface area contributed by atoms with Crippen molar-refractivity contribution in [2.24, 2.45) is 0 Å². The van der Waals surface area contributed by atoms with Crippen LogP contribution in [0.5, 0.6) is 0 Å². The molecule has 20 heavy (non-hydrogen) atoms. The minimum absolute atomic E-state index is 0.0125. The lowest BCUT2D eigenvalue weighted by molar-refractivity contribution is 0.0823. The van der Waals surface area contributed by atoms with E-state index in [1.54, 1.807) is 11.3 Å². The number of aliphatic hydroxyl groups is 1. The van der Waals surface area contributed by atoms with Gasteiger partial charge >= 0.3 is 6.03 Å². The molecule has 0 spiro atoms. The molecule has 2 heterocycles. The predicted molar refractivity (Wildman–Crippen MR) is 81.0 cm³/mol. The van der Waals surface area contributed by atoms with E-state index in [4.69, 9.17) is 0 Å². The van der Waals surface area contributed by atoms with E-state index in [1.165, 1.54) is 0 Å². The number of β-amino-alcohol motifs (C(OH)–C–C–N with tert-alkyl or cyclic N) is 1. The number of hydrogen-bond donors (Lipinski definition) is 2. The van der Waals surface area contributed by atoms with Gasteiger partial charge in [-0.25, -0.2) is 4.79 Å². The van der Waals surface area contributed by atoms with Crippen LogP contribution < -0.4 is 5.32 Å². The minimum atomic E-state index is -0.425. The van der Waals surface area contributed by atoms with Crippen LogP contribution in [0.15, 0.2) is 17.5 Å². The summed E-state index contributed by atoms with van der Waals surface area (Å²) in [5.41, 5.74) is 0. The Bertz CT molecular complexity index is 414. The van der Waals surface area contributed by atoms with Crippen molar-refractivity contribution >= 4 is 17.4 Å². The first kappa shape index (κ1) is 15.3. The van der Waals surface area contributed by atoms with Gasteiger partial charge in [0, 0.05) is 43.6 Å². The number of rotatable bonds is 4. The summed E-state index contributed by atoms with van der Waals surface area (Å²) in [6.45, 7) is 7.63. The van der Waals surface area contributed by atoms with Crippen LogP contribution in [0, 0.1) is 0 Å². The highest BCUT2D eigenvalue weighted by molar-refractivity contribution is 7.10. The van der Waals surface area contributed by atoms with Crippen molar-refractivity contribution in [1.29, 1.82) is 0 Å². The van der Waals surface area contributed by atoms with E-state index in [2.05, 4.69) is 10.2 Å². The summed E-state index contributed by atoms with van der Waals surface area (Å²) in [4.78, 5) is 16.9. The largest absolute Gasteiger partial charge is 0.386 e. The number of carbonyl (C=O) groups is 1. The highest BCUT2D eigenvalue weighted by Gasteiger charge is 2.23. The van der Waals surface area contributed by atoms with Gasteiger partial charge in [-0.2, -0.15) is 0 Å². The van der Waals surface area contributed by atoms with Gasteiger partial charge in [-0.3, -0.25) is 4.90 Å². The van der Waals surface area contributed by atoms with Crippen LogP contribution in [0.3, 0.4) is 0 Å². The Morgan fingerprint density at radius 2 is 2.10 bits per heavy atom. The van der Waals surface area contributed by atoms with Gasteiger partial charge < -0.3 is 15.3 Å². The number of aliphatic hydroxyl groups excluding tert-OH is 1. The van der Waals surface area contributed by atoms with Crippen molar-refractivity contribution in [3.8, 4) is 0 Å². The summed E-state index contributed by atoms with van der Waals surface area (Å²) in [5, 5.41) is 15.0. The van der Waals surface area contributed by atoms with Gasteiger partial charge in [0.1, 0.15) is 6.10 Å². The first-order chi connectivity index (χ1) is 9.56. The van der Waals surface area contributed by atoms with Gasteiger partial charge in [0.25, 0.3) is 0 Å². The average Bonchev–Trinajstić information content (AvgIpc) is 2.92. The summed E-state index contributed by atoms with van der Waals surface area (Å²) in [6, 6.07) is 4.10. The SMILES string of the molecule is CC(C)NC(=O)N1CCN(C[C@@H](O)c2cccs2)CC1. The van der Waals surface area contributed by atoms with Gasteiger partial charge in [0.15, 0.2) is 0 Å². The Hall–Kier alpha value is -1.11. The van der Waals surface area contributed by atoms with E-state index in [1.807, 2.05) is 36.3 Å². The second-order valence-corrected chi connectivity index (χ2v) is 6.40. The molecule has 0 radical (unpaired) electrons. The zero-order valence-electron chi connectivity index (χ0n) is 12.1. The number of nitrogens with zero attached hydrogens (tertiary/aromatic N) is 2. The van der Waals surface area contributed by atoms with E-state index in [0.717, 1.165) is 31.1 Å². The van der Waals surface area contributed by atoms with Crippen LogP contribution in [0.4, 0.5) is 4.79 Å². The molecule has 0 aliphatic carbocycles. The highest BCUT2D eigenvalue weighted by atomic mass is 32.1. The number of thiophene rings is 1. The Balaban J connectivity index is 1.75. The van der Waals surface area contributed by atoms with Crippen LogP contribution in [0.25, 0.3) is 0 Å². The molecule has 1 aromatic rings. The lowest BCUT2D eigenvalue weighted by Crippen LogP contribution is -2.53. The smallest absolute Gasteiger partial charge is 0.317 e. The lowest BCUT2D eigenvalue weighted by atomic mass is 10.2. The molecule has 2 rings (SSSR count). The van der Waals surface area contributed by atoms with E-state index >= 15 is 0 Å². The minimum Gasteiger partial charge on any atom is -0.386 e. The third kappa shape index (κ3) is 4.19. The van der Waals surface area contributed by atoms with Crippen molar-refractivity contribution < 1.29 is 9.90 Å². The lowest BCUT2D eigenvalue weighted by Gasteiger charge is -2.35. The molecular weight excluding hydrogens is 274 g/mol.